The van der Waals surface area contributed by atoms with Crippen LogP contribution in [0.1, 0.15) is 17.3 Å². The molecule has 2 heterocycles. The number of rotatable bonds is 2. The topological polar surface area (TPSA) is 47.4 Å². The van der Waals surface area contributed by atoms with Gasteiger partial charge >= 0.3 is 0 Å². The Morgan fingerprint density at radius 2 is 2.47 bits per heavy atom. The van der Waals surface area contributed by atoms with E-state index in [9.17, 15) is 4.79 Å². The molecule has 17 heavy (non-hydrogen) atoms. The summed E-state index contributed by atoms with van der Waals surface area (Å²) in [4.78, 5) is 14.1. The van der Waals surface area contributed by atoms with Crippen LogP contribution in [0.2, 0.25) is 0 Å². The van der Waals surface area contributed by atoms with Gasteiger partial charge in [0.05, 0.1) is 36.4 Å². The van der Waals surface area contributed by atoms with Crippen molar-refractivity contribution in [3.63, 3.8) is 0 Å². The third-order valence-electron chi connectivity index (χ3n) is 2.89. The summed E-state index contributed by atoms with van der Waals surface area (Å²) in [6, 6.07) is 0.0715. The molecule has 5 nitrogen and oxygen atoms in total. The summed E-state index contributed by atoms with van der Waals surface area (Å²) in [7, 11) is 1.79. The second-order valence-electron chi connectivity index (χ2n) is 4.32. The summed E-state index contributed by atoms with van der Waals surface area (Å²) >= 11 is 5.77. The normalized spacial score (nSPS) is 25.0. The van der Waals surface area contributed by atoms with Gasteiger partial charge in [-0.25, -0.2) is 0 Å². The van der Waals surface area contributed by atoms with Gasteiger partial charge in [-0.3, -0.25) is 9.48 Å². The van der Waals surface area contributed by atoms with Crippen LogP contribution in [-0.4, -0.2) is 51.8 Å². The number of hydrogen-bond acceptors (Lipinski definition) is 3. The number of halogens is 1. The summed E-state index contributed by atoms with van der Waals surface area (Å²) in [5.41, 5.74) is 0.606. The average molecular weight is 258 g/mol. The van der Waals surface area contributed by atoms with Gasteiger partial charge in [0.2, 0.25) is 0 Å². The number of aromatic nitrogens is 2. The van der Waals surface area contributed by atoms with Crippen LogP contribution >= 0.6 is 11.6 Å². The van der Waals surface area contributed by atoms with E-state index in [0.29, 0.717) is 24.6 Å². The van der Waals surface area contributed by atoms with Crippen LogP contribution in [0, 0.1) is 0 Å². The van der Waals surface area contributed by atoms with Gasteiger partial charge in [0.25, 0.3) is 5.91 Å². The van der Waals surface area contributed by atoms with Gasteiger partial charge in [0, 0.05) is 19.8 Å². The average Bonchev–Trinajstić information content (AvgIpc) is 2.76. The fraction of sp³-hybridized carbons (Fsp3) is 0.636. The van der Waals surface area contributed by atoms with Crippen LogP contribution in [0.3, 0.4) is 0 Å². The summed E-state index contributed by atoms with van der Waals surface area (Å²) < 4.78 is 7.14. The van der Waals surface area contributed by atoms with E-state index >= 15 is 0 Å². The molecule has 1 aliphatic heterocycles. The quantitative estimate of drug-likeness (QED) is 0.740. The third kappa shape index (κ3) is 2.61. The first-order valence-electron chi connectivity index (χ1n) is 5.59. The van der Waals surface area contributed by atoms with Crippen LogP contribution < -0.4 is 0 Å². The summed E-state index contributed by atoms with van der Waals surface area (Å²) in [6.45, 7) is 3.04. The lowest BCUT2D eigenvalue weighted by Gasteiger charge is -2.37. The Bertz CT molecular complexity index is 407. The molecule has 6 heteroatoms. The maximum absolute atomic E-state index is 12.3. The number of alkyl halides is 1. The second kappa shape index (κ2) is 5.06. The van der Waals surface area contributed by atoms with E-state index < -0.39 is 0 Å². The third-order valence-corrected chi connectivity index (χ3v) is 3.23. The molecular weight excluding hydrogens is 242 g/mol. The summed E-state index contributed by atoms with van der Waals surface area (Å²) in [5, 5.41) is 4.01. The molecule has 0 aromatic carbocycles. The van der Waals surface area contributed by atoms with Crippen LogP contribution in [0.5, 0.6) is 0 Å². The van der Waals surface area contributed by atoms with E-state index in [0.717, 1.165) is 0 Å². The van der Waals surface area contributed by atoms with Gasteiger partial charge in [-0.1, -0.05) is 0 Å². The minimum Gasteiger partial charge on any atom is -0.373 e. The SMILES string of the molecule is CC1COC(CCl)CN1C(=O)c1cnn(C)c1. The number of carbonyl (C=O) groups excluding carboxylic acids is 1. The highest BCUT2D eigenvalue weighted by Crippen LogP contribution is 2.16. The fourth-order valence-electron chi connectivity index (χ4n) is 1.89. The number of aryl methyl sites for hydroxylation is 1. The molecule has 0 saturated carbocycles. The fourth-order valence-corrected chi connectivity index (χ4v) is 2.08. The molecule has 0 aliphatic carbocycles. The van der Waals surface area contributed by atoms with Gasteiger partial charge in [-0.2, -0.15) is 5.10 Å². The van der Waals surface area contributed by atoms with E-state index in [-0.39, 0.29) is 18.1 Å². The lowest BCUT2D eigenvalue weighted by molar-refractivity contribution is -0.0371. The van der Waals surface area contributed by atoms with Gasteiger partial charge < -0.3 is 9.64 Å². The molecule has 2 rings (SSSR count). The van der Waals surface area contributed by atoms with Crippen LogP contribution in [-0.2, 0) is 11.8 Å². The van der Waals surface area contributed by atoms with Gasteiger partial charge in [0.1, 0.15) is 0 Å². The van der Waals surface area contributed by atoms with Crippen molar-refractivity contribution in [1.29, 1.82) is 0 Å². The largest absolute Gasteiger partial charge is 0.373 e. The summed E-state index contributed by atoms with van der Waals surface area (Å²) in [6.07, 6.45) is 3.23. The zero-order valence-corrected chi connectivity index (χ0v) is 10.7. The van der Waals surface area contributed by atoms with Gasteiger partial charge in [-0.05, 0) is 6.92 Å². The van der Waals surface area contributed by atoms with E-state index in [4.69, 9.17) is 16.3 Å². The highest BCUT2D eigenvalue weighted by molar-refractivity contribution is 6.18. The van der Waals surface area contributed by atoms with E-state index in [1.54, 1.807) is 29.0 Å². The predicted molar refractivity (Wildman–Crippen MR) is 64.2 cm³/mol. The van der Waals surface area contributed by atoms with E-state index in [1.807, 2.05) is 6.92 Å². The van der Waals surface area contributed by atoms with Crippen LogP contribution in [0.4, 0.5) is 0 Å². The van der Waals surface area contributed by atoms with Crippen molar-refractivity contribution in [3.8, 4) is 0 Å². The highest BCUT2D eigenvalue weighted by Gasteiger charge is 2.30. The van der Waals surface area contributed by atoms with Crippen molar-refractivity contribution >= 4 is 17.5 Å². The number of hydrogen-bond donors (Lipinski definition) is 0. The lowest BCUT2D eigenvalue weighted by Crippen LogP contribution is -2.51. The zero-order chi connectivity index (χ0) is 12.4. The first-order chi connectivity index (χ1) is 8.11. The Balaban J connectivity index is 2.12. The molecule has 1 amide bonds. The molecular formula is C11H16ClN3O2. The van der Waals surface area contributed by atoms with Crippen molar-refractivity contribution in [2.45, 2.75) is 19.1 Å². The maximum atomic E-state index is 12.3. The first-order valence-corrected chi connectivity index (χ1v) is 6.12. The van der Waals surface area contributed by atoms with Crippen molar-refractivity contribution in [3.05, 3.63) is 18.0 Å². The smallest absolute Gasteiger partial charge is 0.257 e. The minimum atomic E-state index is -0.0755. The molecule has 2 atom stereocenters. The molecule has 1 saturated heterocycles. The number of amides is 1. The second-order valence-corrected chi connectivity index (χ2v) is 4.63. The van der Waals surface area contributed by atoms with Gasteiger partial charge in [-0.15, -0.1) is 11.6 Å². The molecule has 1 aromatic rings. The number of nitrogens with zero attached hydrogens (tertiary/aromatic N) is 3. The number of ether oxygens (including phenoxy) is 1. The molecule has 1 aromatic heterocycles. The highest BCUT2D eigenvalue weighted by atomic mass is 35.5. The van der Waals surface area contributed by atoms with Crippen molar-refractivity contribution < 1.29 is 9.53 Å². The Labute approximate surface area is 105 Å². The van der Waals surface area contributed by atoms with E-state index in [2.05, 4.69) is 5.10 Å². The molecule has 0 bridgehead atoms. The van der Waals surface area contributed by atoms with Gasteiger partial charge in [0.15, 0.2) is 0 Å². The number of carbonyl (C=O) groups is 1. The maximum Gasteiger partial charge on any atom is 0.257 e. The van der Waals surface area contributed by atoms with Crippen molar-refractivity contribution in [2.75, 3.05) is 19.0 Å². The molecule has 1 aliphatic rings. The molecule has 2 unspecified atom stereocenters. The Morgan fingerprint density at radius 1 is 1.71 bits per heavy atom. The van der Waals surface area contributed by atoms with Crippen LogP contribution in [0.25, 0.3) is 0 Å². The summed E-state index contributed by atoms with van der Waals surface area (Å²) in [5.74, 6) is 0.396. The Hall–Kier alpha value is -1.07. The Morgan fingerprint density at radius 3 is 3.06 bits per heavy atom. The lowest BCUT2D eigenvalue weighted by atomic mass is 10.1. The molecule has 94 valence electrons. The van der Waals surface area contributed by atoms with E-state index in [1.165, 1.54) is 0 Å². The first kappa shape index (κ1) is 12.4. The number of morpholine rings is 1. The van der Waals surface area contributed by atoms with Crippen molar-refractivity contribution in [2.24, 2.45) is 7.05 Å². The molecule has 0 radical (unpaired) electrons. The molecule has 1 fully saturated rings. The predicted octanol–water partition coefficient (Wildman–Crippen LogP) is 0.888. The Kier molecular flexibility index (Phi) is 3.69. The standard InChI is InChI=1S/C11H16ClN3O2/c1-8-7-17-10(3-12)6-15(8)11(16)9-4-13-14(2)5-9/h4-5,8,10H,3,6-7H2,1-2H3. The molecule has 0 N–H and O–H groups in total. The van der Waals surface area contributed by atoms with Crippen LogP contribution in [0.15, 0.2) is 12.4 Å². The minimum absolute atomic E-state index is 0.0102. The molecule has 0 spiro atoms. The van der Waals surface area contributed by atoms with Crippen molar-refractivity contribution in [1.82, 2.24) is 14.7 Å². The zero-order valence-electron chi connectivity index (χ0n) is 9.97. The monoisotopic (exact) mass is 257 g/mol.